The van der Waals surface area contributed by atoms with Crippen LogP contribution in [0.15, 0.2) is 59.2 Å². The number of carbonyl (C=O) groups is 2. The lowest BCUT2D eigenvalue weighted by atomic mass is 10.2. The molecular weight excluding hydrogens is 424 g/mol. The zero-order chi connectivity index (χ0) is 23.8. The van der Waals surface area contributed by atoms with Gasteiger partial charge in [0.15, 0.2) is 0 Å². The summed E-state index contributed by atoms with van der Waals surface area (Å²) in [4.78, 5) is 28.8. The van der Waals surface area contributed by atoms with Gasteiger partial charge in [0.05, 0.1) is 18.5 Å². The third-order valence-corrected chi connectivity index (χ3v) is 4.33. The molecule has 9 heteroatoms. The summed E-state index contributed by atoms with van der Waals surface area (Å²) in [6.45, 7) is 5.68. The molecular formula is C24H28N4O5. The van der Waals surface area contributed by atoms with Gasteiger partial charge in [-0.25, -0.2) is 14.6 Å². The quantitative estimate of drug-likeness (QED) is 0.462. The fourth-order valence-electron chi connectivity index (χ4n) is 2.91. The molecule has 0 aliphatic carbocycles. The summed E-state index contributed by atoms with van der Waals surface area (Å²) >= 11 is 0. The predicted molar refractivity (Wildman–Crippen MR) is 126 cm³/mol. The Morgan fingerprint density at radius 2 is 1.82 bits per heavy atom. The lowest BCUT2D eigenvalue weighted by Crippen LogP contribution is -2.30. The average molecular weight is 453 g/mol. The number of rotatable bonds is 7. The number of carbonyl (C=O) groups excluding carboxylic acids is 2. The highest BCUT2D eigenvalue weighted by Gasteiger charge is 2.18. The lowest BCUT2D eigenvalue weighted by molar-refractivity contribution is 0.0635. The molecule has 0 unspecified atom stereocenters. The van der Waals surface area contributed by atoms with Crippen LogP contribution in [0.2, 0.25) is 0 Å². The Kier molecular flexibility index (Phi) is 7.55. The van der Waals surface area contributed by atoms with Crippen molar-refractivity contribution in [2.45, 2.75) is 32.8 Å². The summed E-state index contributed by atoms with van der Waals surface area (Å²) in [5.41, 5.74) is 1.85. The minimum absolute atomic E-state index is 0.367. The summed E-state index contributed by atoms with van der Waals surface area (Å²) in [5.74, 6) is 0.977. The van der Waals surface area contributed by atoms with Crippen LogP contribution in [0.1, 0.15) is 26.5 Å². The normalized spacial score (nSPS) is 10.9. The van der Waals surface area contributed by atoms with E-state index in [1.165, 1.54) is 7.11 Å². The Morgan fingerprint density at radius 3 is 2.52 bits per heavy atom. The Bertz CT molecular complexity index is 1090. The predicted octanol–water partition coefficient (Wildman–Crippen LogP) is 5.06. The lowest BCUT2D eigenvalue weighted by Gasteiger charge is -2.20. The van der Waals surface area contributed by atoms with Crippen molar-refractivity contribution in [3.63, 3.8) is 0 Å². The third-order valence-electron chi connectivity index (χ3n) is 4.33. The SMILES string of the molecule is COc1ccc(NC(=O)NCCc2coc(-c3ccccc3)n2)cc1NC(=O)OC(C)(C)C. The van der Waals surface area contributed by atoms with E-state index in [0.29, 0.717) is 36.0 Å². The van der Waals surface area contributed by atoms with Gasteiger partial charge in [-0.05, 0) is 51.1 Å². The van der Waals surface area contributed by atoms with Crippen molar-refractivity contribution in [1.82, 2.24) is 10.3 Å². The van der Waals surface area contributed by atoms with E-state index in [2.05, 4.69) is 20.9 Å². The molecule has 3 N–H and O–H groups in total. The van der Waals surface area contributed by atoms with Crippen molar-refractivity contribution in [2.75, 3.05) is 24.3 Å². The van der Waals surface area contributed by atoms with Crippen LogP contribution in [0.25, 0.3) is 11.5 Å². The van der Waals surface area contributed by atoms with E-state index in [-0.39, 0.29) is 0 Å². The molecule has 9 nitrogen and oxygen atoms in total. The van der Waals surface area contributed by atoms with Crippen LogP contribution in [0, 0.1) is 0 Å². The van der Waals surface area contributed by atoms with E-state index in [4.69, 9.17) is 13.9 Å². The zero-order valence-corrected chi connectivity index (χ0v) is 19.1. The number of ether oxygens (including phenoxy) is 2. The van der Waals surface area contributed by atoms with Crippen molar-refractivity contribution in [2.24, 2.45) is 0 Å². The molecule has 0 radical (unpaired) electrons. The van der Waals surface area contributed by atoms with E-state index in [1.807, 2.05) is 30.3 Å². The number of aromatic nitrogens is 1. The number of methoxy groups -OCH3 is 1. The number of amides is 3. The fourth-order valence-corrected chi connectivity index (χ4v) is 2.91. The molecule has 1 heterocycles. The largest absolute Gasteiger partial charge is 0.495 e. The second-order valence-corrected chi connectivity index (χ2v) is 8.18. The van der Waals surface area contributed by atoms with Crippen LogP contribution in [0.3, 0.4) is 0 Å². The summed E-state index contributed by atoms with van der Waals surface area (Å²) in [5, 5.41) is 8.14. The van der Waals surface area contributed by atoms with Crippen molar-refractivity contribution >= 4 is 23.5 Å². The third kappa shape index (κ3) is 7.27. The number of hydrogen-bond donors (Lipinski definition) is 3. The van der Waals surface area contributed by atoms with Crippen LogP contribution in [0.5, 0.6) is 5.75 Å². The molecule has 0 aliphatic rings. The molecule has 3 aromatic rings. The van der Waals surface area contributed by atoms with Gasteiger partial charge in [-0.2, -0.15) is 0 Å². The van der Waals surface area contributed by atoms with Crippen LogP contribution >= 0.6 is 0 Å². The molecule has 0 aliphatic heterocycles. The Labute approximate surface area is 192 Å². The zero-order valence-electron chi connectivity index (χ0n) is 19.1. The minimum atomic E-state index is -0.640. The van der Waals surface area contributed by atoms with Crippen LogP contribution < -0.4 is 20.7 Å². The Morgan fingerprint density at radius 1 is 1.06 bits per heavy atom. The van der Waals surface area contributed by atoms with Gasteiger partial charge in [-0.1, -0.05) is 18.2 Å². The fraction of sp³-hybridized carbons (Fsp3) is 0.292. The Balaban J connectivity index is 1.52. The first-order chi connectivity index (χ1) is 15.7. The van der Waals surface area contributed by atoms with Gasteiger partial charge in [-0.3, -0.25) is 5.32 Å². The van der Waals surface area contributed by atoms with Crippen molar-refractivity contribution < 1.29 is 23.5 Å². The monoisotopic (exact) mass is 452 g/mol. The van der Waals surface area contributed by atoms with Gasteiger partial charge in [0, 0.05) is 24.2 Å². The van der Waals surface area contributed by atoms with Crippen LogP contribution in [0.4, 0.5) is 21.0 Å². The highest BCUT2D eigenvalue weighted by atomic mass is 16.6. The maximum Gasteiger partial charge on any atom is 0.412 e. The summed E-state index contributed by atoms with van der Waals surface area (Å²) in [7, 11) is 1.49. The average Bonchev–Trinajstić information content (AvgIpc) is 3.22. The molecule has 0 saturated carbocycles. The number of urea groups is 1. The molecule has 33 heavy (non-hydrogen) atoms. The number of nitrogens with one attached hydrogen (secondary N) is 3. The highest BCUT2D eigenvalue weighted by molar-refractivity contribution is 5.92. The second kappa shape index (κ2) is 10.5. The molecule has 0 atom stereocenters. The molecule has 0 saturated heterocycles. The van der Waals surface area contributed by atoms with Gasteiger partial charge in [0.1, 0.15) is 17.6 Å². The maximum atomic E-state index is 12.3. The first-order valence-corrected chi connectivity index (χ1v) is 10.5. The molecule has 1 aromatic heterocycles. The number of hydrogen-bond acceptors (Lipinski definition) is 6. The van der Waals surface area contributed by atoms with Gasteiger partial charge >= 0.3 is 12.1 Å². The number of anilines is 2. The first-order valence-electron chi connectivity index (χ1n) is 10.5. The maximum absolute atomic E-state index is 12.3. The molecule has 3 rings (SSSR count). The standard InChI is InChI=1S/C24H28N4O5/c1-24(2,3)33-23(30)28-19-14-17(10-11-20(19)31-4)27-22(29)25-13-12-18-15-32-21(26-18)16-8-6-5-7-9-16/h5-11,14-15H,12-13H2,1-4H3,(H,28,30)(H2,25,27,29). The molecule has 0 spiro atoms. The van der Waals surface area contributed by atoms with Gasteiger partial charge < -0.3 is 24.5 Å². The van der Waals surface area contributed by atoms with E-state index in [9.17, 15) is 9.59 Å². The van der Waals surface area contributed by atoms with Crippen LogP contribution in [-0.2, 0) is 11.2 Å². The summed E-state index contributed by atoms with van der Waals surface area (Å²) in [6.07, 6.45) is 1.47. The highest BCUT2D eigenvalue weighted by Crippen LogP contribution is 2.28. The van der Waals surface area contributed by atoms with E-state index < -0.39 is 17.7 Å². The number of nitrogens with zero attached hydrogens (tertiary/aromatic N) is 1. The smallest absolute Gasteiger partial charge is 0.412 e. The Hall–Kier alpha value is -4.01. The second-order valence-electron chi connectivity index (χ2n) is 8.18. The van der Waals surface area contributed by atoms with Crippen molar-refractivity contribution in [3.05, 3.63) is 60.5 Å². The van der Waals surface area contributed by atoms with E-state index in [1.54, 1.807) is 45.2 Å². The first kappa shape index (κ1) is 23.6. The topological polar surface area (TPSA) is 115 Å². The number of oxazole rings is 1. The van der Waals surface area contributed by atoms with Gasteiger partial charge in [0.2, 0.25) is 5.89 Å². The van der Waals surface area contributed by atoms with Crippen LogP contribution in [-0.4, -0.2) is 36.4 Å². The van der Waals surface area contributed by atoms with Gasteiger partial charge in [0.25, 0.3) is 0 Å². The van der Waals surface area contributed by atoms with E-state index in [0.717, 1.165) is 11.3 Å². The summed E-state index contributed by atoms with van der Waals surface area (Å²) in [6, 6.07) is 14.1. The number of benzene rings is 2. The van der Waals surface area contributed by atoms with Crippen molar-refractivity contribution in [1.29, 1.82) is 0 Å². The minimum Gasteiger partial charge on any atom is -0.495 e. The van der Waals surface area contributed by atoms with Crippen molar-refractivity contribution in [3.8, 4) is 17.2 Å². The molecule has 2 aromatic carbocycles. The molecule has 0 fully saturated rings. The molecule has 3 amide bonds. The van der Waals surface area contributed by atoms with E-state index >= 15 is 0 Å². The molecule has 0 bridgehead atoms. The summed E-state index contributed by atoms with van der Waals surface area (Å²) < 4.78 is 16.0. The van der Waals surface area contributed by atoms with Gasteiger partial charge in [-0.15, -0.1) is 0 Å². The molecule has 174 valence electrons.